The molecule has 0 radical (unpaired) electrons. The van der Waals surface area contributed by atoms with E-state index in [0.29, 0.717) is 23.5 Å². The maximum absolute atomic E-state index is 13.0. The molecule has 3 nitrogen and oxygen atoms in total. The first-order chi connectivity index (χ1) is 11.4. The minimum Gasteiger partial charge on any atom is -0.506 e. The Bertz CT molecular complexity index is 825. The fraction of sp³-hybridized carbons (Fsp3) is 0.167. The number of pyridine rings is 1. The lowest BCUT2D eigenvalue weighted by Gasteiger charge is -2.30. The van der Waals surface area contributed by atoms with Gasteiger partial charge in [-0.3, -0.25) is 4.98 Å². The van der Waals surface area contributed by atoms with Crippen LogP contribution in [0, 0.1) is 6.92 Å². The summed E-state index contributed by atoms with van der Waals surface area (Å²) in [6.45, 7) is 2.18. The van der Waals surface area contributed by atoms with E-state index in [4.69, 9.17) is 0 Å². The zero-order valence-corrected chi connectivity index (χ0v) is 12.9. The van der Waals surface area contributed by atoms with Crippen molar-refractivity contribution in [3.05, 3.63) is 77.3 Å². The molecule has 0 aliphatic carbocycles. The van der Waals surface area contributed by atoms with Gasteiger partial charge in [-0.15, -0.1) is 0 Å². The molecule has 0 saturated carbocycles. The van der Waals surface area contributed by atoms with E-state index in [1.807, 2.05) is 6.92 Å². The molecule has 6 heteroatoms. The van der Waals surface area contributed by atoms with Gasteiger partial charge >= 0.3 is 6.18 Å². The maximum atomic E-state index is 13.0. The largest absolute Gasteiger partial charge is 0.506 e. The highest BCUT2D eigenvalue weighted by Crippen LogP contribution is 2.35. The Hall–Kier alpha value is -2.76. The molecule has 1 aromatic heterocycles. The van der Waals surface area contributed by atoms with E-state index in [1.54, 1.807) is 41.4 Å². The molecule has 0 unspecified atom stereocenters. The minimum atomic E-state index is -4.42. The molecule has 0 saturated heterocycles. The van der Waals surface area contributed by atoms with E-state index >= 15 is 0 Å². The zero-order chi connectivity index (χ0) is 17.3. The normalized spacial score (nSPS) is 15.1. The number of aromatic nitrogens is 1. The number of halogens is 3. The van der Waals surface area contributed by atoms with Gasteiger partial charge in [-0.25, -0.2) is 0 Å². The average Bonchev–Trinajstić information content (AvgIpc) is 2.54. The van der Waals surface area contributed by atoms with Crippen LogP contribution >= 0.6 is 0 Å². The summed E-state index contributed by atoms with van der Waals surface area (Å²) in [6, 6.07) is 8.58. The van der Waals surface area contributed by atoms with Crippen molar-refractivity contribution in [1.29, 1.82) is 0 Å². The summed E-state index contributed by atoms with van der Waals surface area (Å²) >= 11 is 0. The Morgan fingerprint density at radius 3 is 2.67 bits per heavy atom. The van der Waals surface area contributed by atoms with Crippen LogP contribution in [0.2, 0.25) is 0 Å². The van der Waals surface area contributed by atoms with Crippen molar-refractivity contribution in [2.24, 2.45) is 0 Å². The average molecular weight is 332 g/mol. The summed E-state index contributed by atoms with van der Waals surface area (Å²) in [5.74, 6) is 0.00395. The van der Waals surface area contributed by atoms with Gasteiger partial charge < -0.3 is 10.0 Å². The van der Waals surface area contributed by atoms with Crippen LogP contribution in [-0.2, 0) is 6.18 Å². The van der Waals surface area contributed by atoms with E-state index in [0.717, 1.165) is 17.8 Å². The molecule has 0 fully saturated rings. The number of rotatable bonds is 2. The van der Waals surface area contributed by atoms with E-state index < -0.39 is 11.7 Å². The zero-order valence-electron chi connectivity index (χ0n) is 12.9. The van der Waals surface area contributed by atoms with Crippen LogP contribution in [0.25, 0.3) is 5.70 Å². The monoisotopic (exact) mass is 332 g/mol. The fourth-order valence-corrected chi connectivity index (χ4v) is 2.66. The quantitative estimate of drug-likeness (QED) is 0.865. The van der Waals surface area contributed by atoms with Crippen LogP contribution in [0.1, 0.15) is 16.8 Å². The van der Waals surface area contributed by atoms with Crippen molar-refractivity contribution in [2.75, 3.05) is 11.4 Å². The van der Waals surface area contributed by atoms with Crippen LogP contribution in [0.5, 0.6) is 0 Å². The highest BCUT2D eigenvalue weighted by Gasteiger charge is 2.31. The van der Waals surface area contributed by atoms with Gasteiger partial charge in [-0.1, -0.05) is 12.1 Å². The first-order valence-electron chi connectivity index (χ1n) is 7.34. The predicted octanol–water partition coefficient (Wildman–Crippen LogP) is 4.71. The molecule has 0 spiro atoms. The van der Waals surface area contributed by atoms with Crippen LogP contribution in [-0.4, -0.2) is 16.6 Å². The third-order valence-corrected chi connectivity index (χ3v) is 3.73. The van der Waals surface area contributed by atoms with Gasteiger partial charge in [0.25, 0.3) is 0 Å². The molecular formula is C18H15F3N2O. The van der Waals surface area contributed by atoms with E-state index in [9.17, 15) is 18.3 Å². The van der Waals surface area contributed by atoms with Gasteiger partial charge in [0.2, 0.25) is 0 Å². The van der Waals surface area contributed by atoms with Crippen LogP contribution < -0.4 is 4.90 Å². The summed E-state index contributed by atoms with van der Waals surface area (Å²) in [6.07, 6.45) is 0.441. The Labute approximate surface area is 137 Å². The van der Waals surface area contributed by atoms with Crippen molar-refractivity contribution in [3.63, 3.8) is 0 Å². The van der Waals surface area contributed by atoms with Gasteiger partial charge in [0.15, 0.2) is 0 Å². The van der Waals surface area contributed by atoms with Gasteiger partial charge in [0, 0.05) is 29.7 Å². The molecule has 24 heavy (non-hydrogen) atoms. The molecule has 0 amide bonds. The Morgan fingerprint density at radius 2 is 1.96 bits per heavy atom. The second-order valence-electron chi connectivity index (χ2n) is 5.48. The van der Waals surface area contributed by atoms with Crippen molar-refractivity contribution < 1.29 is 18.3 Å². The lowest BCUT2D eigenvalue weighted by Crippen LogP contribution is -2.26. The summed E-state index contributed by atoms with van der Waals surface area (Å²) < 4.78 is 38.9. The topological polar surface area (TPSA) is 36.4 Å². The second-order valence-corrected chi connectivity index (χ2v) is 5.48. The number of hydrogen-bond acceptors (Lipinski definition) is 3. The first kappa shape index (κ1) is 16.1. The Balaban J connectivity index is 2.09. The molecule has 0 atom stereocenters. The summed E-state index contributed by atoms with van der Waals surface area (Å²) in [4.78, 5) is 5.77. The summed E-state index contributed by atoms with van der Waals surface area (Å²) in [7, 11) is 0. The van der Waals surface area contributed by atoms with Crippen molar-refractivity contribution in [2.45, 2.75) is 13.1 Å². The fourth-order valence-electron chi connectivity index (χ4n) is 2.66. The van der Waals surface area contributed by atoms with E-state index in [1.165, 1.54) is 6.07 Å². The van der Waals surface area contributed by atoms with Crippen LogP contribution in [0.3, 0.4) is 0 Å². The molecule has 1 aliphatic rings. The molecule has 1 N–H and O–H groups in total. The highest BCUT2D eigenvalue weighted by atomic mass is 19.4. The number of allylic oxidation sites excluding steroid dienone is 1. The number of anilines is 1. The van der Waals surface area contributed by atoms with E-state index in [2.05, 4.69) is 4.98 Å². The molecule has 1 aliphatic heterocycles. The summed E-state index contributed by atoms with van der Waals surface area (Å²) in [5.41, 5.74) is 1.56. The number of hydrogen-bond donors (Lipinski definition) is 1. The second kappa shape index (κ2) is 6.03. The van der Waals surface area contributed by atoms with Crippen molar-refractivity contribution >= 4 is 11.4 Å². The number of aryl methyl sites for hydroxylation is 1. The van der Waals surface area contributed by atoms with Gasteiger partial charge in [-0.2, -0.15) is 13.2 Å². The number of alkyl halides is 3. The highest BCUT2D eigenvalue weighted by molar-refractivity contribution is 5.83. The van der Waals surface area contributed by atoms with Gasteiger partial charge in [0.1, 0.15) is 5.76 Å². The van der Waals surface area contributed by atoms with Crippen LogP contribution in [0.4, 0.5) is 18.9 Å². The molecule has 2 aromatic rings. The third kappa shape index (κ3) is 3.13. The standard InChI is InChI=1S/C18H15F3N2O/c1-12-10-13(7-8-22-12)17-16(24)6-3-9-23(17)15-5-2-4-14(11-15)18(19,20)21/h2-8,10-11,24H,9H2,1H3. The number of benzene rings is 1. The number of nitrogens with zero attached hydrogens (tertiary/aromatic N) is 2. The molecule has 2 heterocycles. The molecular weight excluding hydrogens is 317 g/mol. The lowest BCUT2D eigenvalue weighted by molar-refractivity contribution is -0.137. The van der Waals surface area contributed by atoms with Crippen molar-refractivity contribution in [3.8, 4) is 0 Å². The summed E-state index contributed by atoms with van der Waals surface area (Å²) in [5, 5.41) is 10.3. The third-order valence-electron chi connectivity index (χ3n) is 3.73. The lowest BCUT2D eigenvalue weighted by atomic mass is 10.1. The van der Waals surface area contributed by atoms with Crippen molar-refractivity contribution in [1.82, 2.24) is 4.98 Å². The minimum absolute atomic E-state index is 0.00395. The first-order valence-corrected chi connectivity index (χ1v) is 7.34. The SMILES string of the molecule is Cc1cc(C2=C(O)C=CCN2c2cccc(C(F)(F)F)c2)ccn1. The molecule has 124 valence electrons. The van der Waals surface area contributed by atoms with Gasteiger partial charge in [0.05, 0.1) is 11.3 Å². The molecule has 0 bridgehead atoms. The number of aliphatic hydroxyl groups excluding tert-OH is 1. The van der Waals surface area contributed by atoms with Crippen LogP contribution in [0.15, 0.2) is 60.5 Å². The number of aliphatic hydroxyl groups is 1. The van der Waals surface area contributed by atoms with E-state index in [-0.39, 0.29) is 5.76 Å². The Morgan fingerprint density at radius 1 is 1.17 bits per heavy atom. The predicted molar refractivity (Wildman–Crippen MR) is 86.5 cm³/mol. The smallest absolute Gasteiger partial charge is 0.416 e. The maximum Gasteiger partial charge on any atom is 0.416 e. The molecule has 3 rings (SSSR count). The van der Waals surface area contributed by atoms with Gasteiger partial charge in [-0.05, 0) is 43.3 Å². The molecule has 1 aromatic carbocycles. The Kier molecular flexibility index (Phi) is 4.05.